The van der Waals surface area contributed by atoms with Crippen LogP contribution in [-0.2, 0) is 11.3 Å². The Bertz CT molecular complexity index is 1170. The van der Waals surface area contributed by atoms with Gasteiger partial charge in [-0.15, -0.1) is 0 Å². The lowest BCUT2D eigenvalue weighted by molar-refractivity contribution is -0.122. The van der Waals surface area contributed by atoms with Crippen molar-refractivity contribution in [2.75, 3.05) is 61.2 Å². The largest absolute Gasteiger partial charge is 0.493 e. The van der Waals surface area contributed by atoms with Crippen LogP contribution in [0.4, 0.5) is 0 Å². The van der Waals surface area contributed by atoms with Gasteiger partial charge in [-0.1, -0.05) is 12.1 Å². The molecule has 0 aliphatic carbocycles. The lowest BCUT2D eigenvalue weighted by Crippen LogP contribution is -2.41. The molecule has 40 heavy (non-hydrogen) atoms. The van der Waals surface area contributed by atoms with Crippen molar-refractivity contribution in [3.63, 3.8) is 0 Å². The number of hydrogen-bond acceptors (Lipinski definition) is 8. The van der Waals surface area contributed by atoms with E-state index in [1.165, 1.54) is 18.4 Å². The zero-order chi connectivity index (χ0) is 28.1. The maximum absolute atomic E-state index is 13.3. The van der Waals surface area contributed by atoms with Crippen LogP contribution in [0.5, 0.6) is 28.7 Å². The number of nitrogens with zero attached hydrogens (tertiary/aromatic N) is 2. The molecule has 2 saturated heterocycles. The first-order chi connectivity index (χ1) is 19.6. The molecule has 0 unspecified atom stereocenters. The van der Waals surface area contributed by atoms with Crippen LogP contribution in [0.3, 0.4) is 0 Å². The molecule has 0 spiro atoms. The van der Waals surface area contributed by atoms with Gasteiger partial charge >= 0.3 is 0 Å². The molecule has 4 bridgehead atoms. The monoisotopic (exact) mass is 553 g/mol. The van der Waals surface area contributed by atoms with E-state index in [1.54, 1.807) is 28.4 Å². The zero-order valence-electron chi connectivity index (χ0n) is 24.2. The van der Waals surface area contributed by atoms with Crippen molar-refractivity contribution in [3.8, 4) is 28.7 Å². The Morgan fingerprint density at radius 1 is 0.925 bits per heavy atom. The van der Waals surface area contributed by atoms with E-state index >= 15 is 0 Å². The molecule has 0 aromatic heterocycles. The van der Waals surface area contributed by atoms with Crippen LogP contribution in [0.25, 0.3) is 0 Å². The van der Waals surface area contributed by atoms with E-state index in [2.05, 4.69) is 27.2 Å². The van der Waals surface area contributed by atoms with E-state index in [9.17, 15) is 4.79 Å². The van der Waals surface area contributed by atoms with Crippen LogP contribution in [0.1, 0.15) is 49.3 Å². The molecule has 2 aromatic rings. The van der Waals surface area contributed by atoms with Gasteiger partial charge in [-0.3, -0.25) is 14.6 Å². The van der Waals surface area contributed by atoms with E-state index in [0.29, 0.717) is 61.5 Å². The van der Waals surface area contributed by atoms with Gasteiger partial charge in [-0.25, -0.2) is 0 Å². The SMILES string of the molecule is COc1ccc2cc1OCCCCN(Cc1ccc(OC)c(OC)c1OC)CC(=O)NC[C@H]1C[C@H]2N2CCC[C@@H]12. The number of fused-ring (bicyclic) bond motifs is 8. The van der Waals surface area contributed by atoms with Crippen molar-refractivity contribution >= 4 is 5.91 Å². The Kier molecular flexibility index (Phi) is 9.22. The van der Waals surface area contributed by atoms with E-state index in [0.717, 1.165) is 49.4 Å². The van der Waals surface area contributed by atoms with Gasteiger partial charge < -0.3 is 29.0 Å². The molecule has 2 fully saturated rings. The van der Waals surface area contributed by atoms with Gasteiger partial charge in [-0.05, 0) is 74.9 Å². The molecule has 3 aliphatic rings. The Balaban J connectivity index is 1.37. The molecule has 0 radical (unpaired) electrons. The lowest BCUT2D eigenvalue weighted by atomic mass is 9.94. The van der Waals surface area contributed by atoms with E-state index in [-0.39, 0.29) is 5.91 Å². The molecule has 1 N–H and O–H groups in total. The molecule has 3 aliphatic heterocycles. The lowest BCUT2D eigenvalue weighted by Gasteiger charge is -2.25. The normalized spacial score (nSPS) is 24.1. The first-order valence-corrected chi connectivity index (χ1v) is 14.4. The summed E-state index contributed by atoms with van der Waals surface area (Å²) in [6.45, 7) is 3.99. The average molecular weight is 554 g/mol. The molecule has 9 heteroatoms. The second-order valence-corrected chi connectivity index (χ2v) is 10.9. The minimum atomic E-state index is 0.0579. The minimum Gasteiger partial charge on any atom is -0.493 e. The topological polar surface area (TPSA) is 81.7 Å². The molecule has 0 saturated carbocycles. The molecule has 3 heterocycles. The van der Waals surface area contributed by atoms with Crippen LogP contribution in [0, 0.1) is 5.92 Å². The molecule has 9 nitrogen and oxygen atoms in total. The fourth-order valence-corrected chi connectivity index (χ4v) is 6.71. The Labute approximate surface area is 237 Å². The van der Waals surface area contributed by atoms with Crippen molar-refractivity contribution in [3.05, 3.63) is 41.5 Å². The summed E-state index contributed by atoms with van der Waals surface area (Å²) in [5, 5.41) is 3.29. The predicted octanol–water partition coefficient (Wildman–Crippen LogP) is 4.04. The first kappa shape index (κ1) is 28.4. The van der Waals surface area contributed by atoms with E-state index in [4.69, 9.17) is 23.7 Å². The van der Waals surface area contributed by atoms with Crippen molar-refractivity contribution in [1.82, 2.24) is 15.1 Å². The van der Waals surface area contributed by atoms with Gasteiger partial charge in [0.25, 0.3) is 0 Å². The van der Waals surface area contributed by atoms with Crippen molar-refractivity contribution in [1.29, 1.82) is 0 Å². The summed E-state index contributed by atoms with van der Waals surface area (Å²) in [6.07, 6.45) is 5.15. The highest BCUT2D eigenvalue weighted by molar-refractivity contribution is 5.78. The number of carbonyl (C=O) groups is 1. The fourth-order valence-electron chi connectivity index (χ4n) is 6.71. The molecule has 5 rings (SSSR count). The summed E-state index contributed by atoms with van der Waals surface area (Å²) in [7, 11) is 6.54. The highest BCUT2D eigenvalue weighted by atomic mass is 16.5. The number of hydrogen-bond donors (Lipinski definition) is 1. The molecular formula is C31H43N3O6. The van der Waals surface area contributed by atoms with Crippen LogP contribution >= 0.6 is 0 Å². The maximum Gasteiger partial charge on any atom is 0.234 e. The van der Waals surface area contributed by atoms with Crippen LogP contribution in [-0.4, -0.2) is 83.0 Å². The van der Waals surface area contributed by atoms with Gasteiger partial charge in [0.05, 0.1) is 41.6 Å². The average Bonchev–Trinajstić information content (AvgIpc) is 3.58. The summed E-state index contributed by atoms with van der Waals surface area (Å²) in [5.74, 6) is 3.86. The summed E-state index contributed by atoms with van der Waals surface area (Å²) in [6, 6.07) is 11.1. The second kappa shape index (κ2) is 13.0. The fraction of sp³-hybridized carbons (Fsp3) is 0.581. The Hall–Kier alpha value is -3.17. The zero-order valence-corrected chi connectivity index (χ0v) is 24.2. The molecule has 2 aromatic carbocycles. The smallest absolute Gasteiger partial charge is 0.234 e. The van der Waals surface area contributed by atoms with Crippen LogP contribution < -0.4 is 29.0 Å². The van der Waals surface area contributed by atoms with Crippen molar-refractivity contribution in [2.24, 2.45) is 5.92 Å². The third-order valence-corrected chi connectivity index (χ3v) is 8.62. The summed E-state index contributed by atoms with van der Waals surface area (Å²) in [5.41, 5.74) is 2.22. The number of amides is 1. The maximum atomic E-state index is 13.3. The van der Waals surface area contributed by atoms with Crippen LogP contribution in [0.2, 0.25) is 0 Å². The first-order valence-electron chi connectivity index (χ1n) is 14.4. The third-order valence-electron chi connectivity index (χ3n) is 8.62. The summed E-state index contributed by atoms with van der Waals surface area (Å²) in [4.78, 5) is 18.1. The van der Waals surface area contributed by atoms with E-state index in [1.807, 2.05) is 18.2 Å². The van der Waals surface area contributed by atoms with Gasteiger partial charge in [0.2, 0.25) is 11.7 Å². The van der Waals surface area contributed by atoms with Crippen molar-refractivity contribution in [2.45, 2.75) is 50.7 Å². The number of rotatable bonds is 6. The molecule has 218 valence electrons. The number of ether oxygens (including phenoxy) is 5. The summed E-state index contributed by atoms with van der Waals surface area (Å²) >= 11 is 0. The quantitative estimate of drug-likeness (QED) is 0.574. The van der Waals surface area contributed by atoms with Crippen molar-refractivity contribution < 1.29 is 28.5 Å². The number of methoxy groups -OCH3 is 4. The third kappa shape index (κ3) is 5.95. The number of benzene rings is 2. The molecular weight excluding hydrogens is 510 g/mol. The van der Waals surface area contributed by atoms with Gasteiger partial charge in [0.1, 0.15) is 0 Å². The van der Waals surface area contributed by atoms with Gasteiger partial charge in [0.15, 0.2) is 23.0 Å². The van der Waals surface area contributed by atoms with E-state index < -0.39 is 0 Å². The Morgan fingerprint density at radius 2 is 1.73 bits per heavy atom. The second-order valence-electron chi connectivity index (χ2n) is 10.9. The Morgan fingerprint density at radius 3 is 2.50 bits per heavy atom. The van der Waals surface area contributed by atoms with Crippen LogP contribution in [0.15, 0.2) is 30.3 Å². The number of carbonyl (C=O) groups excluding carboxylic acids is 1. The highest BCUT2D eigenvalue weighted by Crippen LogP contribution is 2.46. The predicted molar refractivity (Wildman–Crippen MR) is 153 cm³/mol. The van der Waals surface area contributed by atoms with Gasteiger partial charge in [-0.2, -0.15) is 0 Å². The minimum absolute atomic E-state index is 0.0579. The summed E-state index contributed by atoms with van der Waals surface area (Å²) < 4.78 is 28.6. The number of nitrogens with one attached hydrogen (secondary N) is 1. The van der Waals surface area contributed by atoms with Gasteiger partial charge in [0, 0.05) is 30.7 Å². The molecule has 3 atom stereocenters. The standard InChI is InChI=1S/C31H43N3O6/c1-36-26-11-9-21-17-28(26)40-15-6-5-13-33(19-22-10-12-27(37-2)31(39-4)30(22)38-3)20-29(35)32-18-23-16-25(21)34-14-7-8-24(23)34/h9-12,17,23-25H,5-8,13-16,18-20H2,1-4H3,(H,32,35)/t23-,24+,25-/m1/s1. The highest BCUT2D eigenvalue weighted by Gasteiger charge is 2.44. The molecule has 1 amide bonds.